The fourth-order valence-corrected chi connectivity index (χ4v) is 1.54. The van der Waals surface area contributed by atoms with Crippen LogP contribution in [-0.4, -0.2) is 31.5 Å². The van der Waals surface area contributed by atoms with Crippen LogP contribution in [0.2, 0.25) is 0 Å². The van der Waals surface area contributed by atoms with Crippen molar-refractivity contribution >= 4 is 29.9 Å². The lowest BCUT2D eigenvalue weighted by molar-refractivity contribution is 0.580. The Morgan fingerprint density at radius 2 is 1.95 bits per heavy atom. The highest BCUT2D eigenvalue weighted by atomic mass is 127. The highest BCUT2D eigenvalue weighted by molar-refractivity contribution is 14.0. The van der Waals surface area contributed by atoms with E-state index in [0.29, 0.717) is 6.54 Å². The minimum Gasteiger partial charge on any atom is -0.356 e. The highest BCUT2D eigenvalue weighted by Crippen LogP contribution is 2.00. The topological polar surface area (TPSA) is 27.6 Å². The van der Waals surface area contributed by atoms with Crippen molar-refractivity contribution < 1.29 is 0 Å². The molecule has 0 amide bonds. The van der Waals surface area contributed by atoms with Gasteiger partial charge in [-0.3, -0.25) is 0 Å². The Morgan fingerprint density at radius 3 is 2.53 bits per heavy atom. The van der Waals surface area contributed by atoms with Gasteiger partial charge in [-0.25, -0.2) is 4.99 Å². The molecular weight excluding hydrogens is 349 g/mol. The second-order valence-electron chi connectivity index (χ2n) is 4.30. The minimum atomic E-state index is 0. The van der Waals surface area contributed by atoms with Crippen molar-refractivity contribution in [2.24, 2.45) is 4.99 Å². The summed E-state index contributed by atoms with van der Waals surface area (Å²) in [5.74, 6) is 0.934. The number of nitrogens with zero attached hydrogens (tertiary/aromatic N) is 2. The Kier molecular flexibility index (Phi) is 10.2. The van der Waals surface area contributed by atoms with Gasteiger partial charge in [0.05, 0.1) is 6.54 Å². The lowest BCUT2D eigenvalue weighted by Crippen LogP contribution is -2.36. The van der Waals surface area contributed by atoms with Crippen LogP contribution >= 0.6 is 24.0 Å². The average molecular weight is 373 g/mol. The monoisotopic (exact) mass is 373 g/mol. The lowest BCUT2D eigenvalue weighted by atomic mass is 10.2. The predicted molar refractivity (Wildman–Crippen MR) is 94.1 cm³/mol. The molecule has 0 saturated heterocycles. The van der Waals surface area contributed by atoms with E-state index in [9.17, 15) is 0 Å². The molecule has 0 aliphatic heterocycles. The number of hydrogen-bond donors (Lipinski definition) is 1. The zero-order valence-corrected chi connectivity index (χ0v) is 14.3. The van der Waals surface area contributed by atoms with Crippen molar-refractivity contribution in [3.05, 3.63) is 48.0 Å². The van der Waals surface area contributed by atoms with Crippen molar-refractivity contribution in [3.63, 3.8) is 0 Å². The highest BCUT2D eigenvalue weighted by Gasteiger charge is 1.99. The second-order valence-corrected chi connectivity index (χ2v) is 4.30. The number of nitrogens with one attached hydrogen (secondary N) is 1. The molecule has 0 radical (unpaired) electrons. The number of aliphatic imine (C=N–C) groups is 1. The molecule has 1 aromatic rings. The fourth-order valence-electron chi connectivity index (χ4n) is 1.54. The van der Waals surface area contributed by atoms with Crippen LogP contribution in [0.1, 0.15) is 18.9 Å². The van der Waals surface area contributed by atoms with Gasteiger partial charge in [-0.1, -0.05) is 42.5 Å². The van der Waals surface area contributed by atoms with Crippen LogP contribution < -0.4 is 5.32 Å². The van der Waals surface area contributed by atoms with Crippen molar-refractivity contribution in [3.8, 4) is 0 Å². The molecule has 4 heteroatoms. The Labute approximate surface area is 133 Å². The van der Waals surface area contributed by atoms with Crippen LogP contribution in [0.25, 0.3) is 0 Å². The summed E-state index contributed by atoms with van der Waals surface area (Å²) in [7, 11) is 4.01. The molecule has 0 atom stereocenters. The Bertz CT molecular complexity index is 386. The average Bonchev–Trinajstić information content (AvgIpc) is 2.38. The van der Waals surface area contributed by atoms with Crippen molar-refractivity contribution in [2.75, 3.05) is 20.6 Å². The predicted octanol–water partition coefficient (Wildman–Crippen LogP) is 3.28. The SMILES string of the molecule is CC=CCCNC(=NCc1ccccc1)N(C)C.I. The van der Waals surface area contributed by atoms with E-state index in [4.69, 9.17) is 0 Å². The van der Waals surface area contributed by atoms with Gasteiger partial charge in [0.25, 0.3) is 0 Å². The van der Waals surface area contributed by atoms with Crippen LogP contribution in [0.4, 0.5) is 0 Å². The molecule has 0 saturated carbocycles. The molecule has 0 bridgehead atoms. The maximum Gasteiger partial charge on any atom is 0.193 e. The van der Waals surface area contributed by atoms with Crippen LogP contribution in [0, 0.1) is 0 Å². The molecule has 0 aliphatic rings. The smallest absolute Gasteiger partial charge is 0.193 e. The van der Waals surface area contributed by atoms with Crippen LogP contribution in [0.3, 0.4) is 0 Å². The quantitative estimate of drug-likeness (QED) is 0.282. The standard InChI is InChI=1S/C15H23N3.HI/c1-4-5-9-12-16-15(18(2)3)17-13-14-10-7-6-8-11-14;/h4-8,10-11H,9,12-13H2,1-3H3,(H,16,17);1H. The summed E-state index contributed by atoms with van der Waals surface area (Å²) < 4.78 is 0. The fraction of sp³-hybridized carbons (Fsp3) is 0.400. The first kappa shape index (κ1) is 18.0. The number of hydrogen-bond acceptors (Lipinski definition) is 1. The molecule has 0 fully saturated rings. The molecular formula is C15H24IN3. The van der Waals surface area contributed by atoms with E-state index in [1.165, 1.54) is 5.56 Å². The van der Waals surface area contributed by atoms with Gasteiger partial charge < -0.3 is 10.2 Å². The molecule has 0 aliphatic carbocycles. The Balaban J connectivity index is 0.00000324. The molecule has 106 valence electrons. The second kappa shape index (κ2) is 10.8. The molecule has 0 spiro atoms. The van der Waals surface area contributed by atoms with Gasteiger partial charge in [0, 0.05) is 20.6 Å². The van der Waals surface area contributed by atoms with Crippen LogP contribution in [-0.2, 0) is 6.54 Å². The van der Waals surface area contributed by atoms with Gasteiger partial charge in [-0.05, 0) is 18.9 Å². The number of rotatable bonds is 5. The first-order chi connectivity index (χ1) is 8.74. The first-order valence-corrected chi connectivity index (χ1v) is 6.34. The van der Waals surface area contributed by atoms with Gasteiger partial charge >= 0.3 is 0 Å². The zero-order chi connectivity index (χ0) is 13.2. The first-order valence-electron chi connectivity index (χ1n) is 6.34. The van der Waals surface area contributed by atoms with E-state index in [0.717, 1.165) is 18.9 Å². The van der Waals surface area contributed by atoms with Gasteiger partial charge in [-0.2, -0.15) is 0 Å². The van der Waals surface area contributed by atoms with E-state index < -0.39 is 0 Å². The van der Waals surface area contributed by atoms with Gasteiger partial charge in [0.2, 0.25) is 0 Å². The number of guanidine groups is 1. The maximum absolute atomic E-state index is 4.60. The number of halogens is 1. The summed E-state index contributed by atoms with van der Waals surface area (Å²) in [6.45, 7) is 3.66. The van der Waals surface area contributed by atoms with Crippen LogP contribution in [0.15, 0.2) is 47.5 Å². The molecule has 1 rings (SSSR count). The molecule has 1 aromatic carbocycles. The Hall–Kier alpha value is -1.04. The summed E-state index contributed by atoms with van der Waals surface area (Å²) in [5, 5.41) is 3.35. The summed E-state index contributed by atoms with van der Waals surface area (Å²) >= 11 is 0. The molecule has 0 aromatic heterocycles. The zero-order valence-electron chi connectivity index (χ0n) is 12.0. The largest absolute Gasteiger partial charge is 0.356 e. The van der Waals surface area contributed by atoms with Gasteiger partial charge in [-0.15, -0.1) is 24.0 Å². The summed E-state index contributed by atoms with van der Waals surface area (Å²) in [5.41, 5.74) is 1.23. The summed E-state index contributed by atoms with van der Waals surface area (Å²) in [6, 6.07) is 10.3. The minimum absolute atomic E-state index is 0. The van der Waals surface area contributed by atoms with E-state index in [1.807, 2.05) is 44.1 Å². The summed E-state index contributed by atoms with van der Waals surface area (Å²) in [4.78, 5) is 6.61. The molecule has 0 unspecified atom stereocenters. The van der Waals surface area contributed by atoms with Crippen molar-refractivity contribution in [1.29, 1.82) is 0 Å². The number of allylic oxidation sites excluding steroid dienone is 1. The third-order valence-corrected chi connectivity index (χ3v) is 2.51. The van der Waals surface area contributed by atoms with E-state index in [-0.39, 0.29) is 24.0 Å². The van der Waals surface area contributed by atoms with E-state index in [1.54, 1.807) is 0 Å². The van der Waals surface area contributed by atoms with Gasteiger partial charge in [0.15, 0.2) is 5.96 Å². The van der Waals surface area contributed by atoms with E-state index >= 15 is 0 Å². The van der Waals surface area contributed by atoms with Gasteiger partial charge in [0.1, 0.15) is 0 Å². The summed E-state index contributed by atoms with van der Waals surface area (Å²) in [6.07, 6.45) is 5.24. The third-order valence-electron chi connectivity index (χ3n) is 2.51. The molecule has 3 nitrogen and oxygen atoms in total. The Morgan fingerprint density at radius 1 is 1.26 bits per heavy atom. The normalized spacial score (nSPS) is 11.2. The third kappa shape index (κ3) is 7.87. The maximum atomic E-state index is 4.60. The molecule has 0 heterocycles. The molecule has 19 heavy (non-hydrogen) atoms. The van der Waals surface area contributed by atoms with Crippen molar-refractivity contribution in [1.82, 2.24) is 10.2 Å². The number of benzene rings is 1. The van der Waals surface area contributed by atoms with E-state index in [2.05, 4.69) is 34.6 Å². The lowest BCUT2D eigenvalue weighted by Gasteiger charge is -2.17. The molecule has 1 N–H and O–H groups in total. The van der Waals surface area contributed by atoms with Crippen molar-refractivity contribution in [2.45, 2.75) is 19.9 Å². The van der Waals surface area contributed by atoms with Crippen LogP contribution in [0.5, 0.6) is 0 Å².